The van der Waals surface area contributed by atoms with Crippen LogP contribution >= 0.6 is 0 Å². The Balaban J connectivity index is 1.95. The van der Waals surface area contributed by atoms with Crippen molar-refractivity contribution in [2.24, 2.45) is 5.10 Å². The quantitative estimate of drug-likeness (QED) is 0.659. The highest BCUT2D eigenvalue weighted by atomic mass is 19.4. The van der Waals surface area contributed by atoms with Crippen LogP contribution < -0.4 is 15.9 Å². The number of anilines is 2. The van der Waals surface area contributed by atoms with Crippen LogP contribution in [-0.2, 0) is 0 Å². The highest BCUT2D eigenvalue weighted by molar-refractivity contribution is 5.80. The van der Waals surface area contributed by atoms with Crippen molar-refractivity contribution in [3.8, 4) is 5.75 Å². The minimum absolute atomic E-state index is 0.0383. The van der Waals surface area contributed by atoms with Crippen LogP contribution in [0.1, 0.15) is 5.56 Å². The summed E-state index contributed by atoms with van der Waals surface area (Å²) in [5, 5.41) is 3.81. The summed E-state index contributed by atoms with van der Waals surface area (Å²) >= 11 is 0. The minimum Gasteiger partial charge on any atom is -0.406 e. The van der Waals surface area contributed by atoms with Gasteiger partial charge in [0.25, 0.3) is 0 Å². The Morgan fingerprint density at radius 2 is 1.90 bits per heavy atom. The Bertz CT molecular complexity index is 629. The largest absolute Gasteiger partial charge is 0.573 e. The molecule has 0 spiro atoms. The predicted octanol–water partition coefficient (Wildman–Crippen LogP) is 1.80. The van der Waals surface area contributed by atoms with Crippen LogP contribution in [0.4, 0.5) is 25.1 Å². The Hall–Kier alpha value is -2.91. The number of hydrogen-bond donors (Lipinski definition) is 2. The molecule has 0 bridgehead atoms. The zero-order valence-electron chi connectivity index (χ0n) is 10.4. The van der Waals surface area contributed by atoms with E-state index in [4.69, 9.17) is 5.73 Å². The molecule has 110 valence electrons. The fraction of sp³-hybridized carbons (Fsp3) is 0.0909. The summed E-state index contributed by atoms with van der Waals surface area (Å²) in [6.45, 7) is 0. The Morgan fingerprint density at radius 3 is 2.52 bits per heavy atom. The van der Waals surface area contributed by atoms with Gasteiger partial charge in [0.1, 0.15) is 12.1 Å². The average molecular weight is 298 g/mol. The molecule has 1 aromatic carbocycles. The molecule has 2 rings (SSSR count). The summed E-state index contributed by atoms with van der Waals surface area (Å²) in [7, 11) is 0. The molecule has 0 fully saturated rings. The fourth-order valence-electron chi connectivity index (χ4n) is 1.28. The van der Waals surface area contributed by atoms with E-state index in [1.165, 1.54) is 36.8 Å². The zero-order chi connectivity index (χ0) is 15.3. The molecule has 10 heteroatoms. The van der Waals surface area contributed by atoms with Crippen molar-refractivity contribution < 1.29 is 17.9 Å². The lowest BCUT2D eigenvalue weighted by Crippen LogP contribution is -2.17. The van der Waals surface area contributed by atoms with Crippen LogP contribution in [0.25, 0.3) is 0 Å². The summed E-state index contributed by atoms with van der Waals surface area (Å²) in [5.74, 6) is -0.120. The second kappa shape index (κ2) is 6.03. The molecule has 2 aromatic rings. The number of halogens is 3. The molecule has 0 saturated carbocycles. The van der Waals surface area contributed by atoms with Crippen molar-refractivity contribution >= 4 is 18.1 Å². The Morgan fingerprint density at radius 1 is 1.19 bits per heavy atom. The van der Waals surface area contributed by atoms with Gasteiger partial charge in [0, 0.05) is 0 Å². The monoisotopic (exact) mass is 298 g/mol. The SMILES string of the molecule is Nc1ncnc(N/N=C/c2ccc(OC(F)(F)F)cc2)n1. The number of hydrazone groups is 1. The molecule has 21 heavy (non-hydrogen) atoms. The lowest BCUT2D eigenvalue weighted by Gasteiger charge is -2.08. The number of ether oxygens (including phenoxy) is 1. The van der Waals surface area contributed by atoms with Gasteiger partial charge in [-0.2, -0.15) is 15.1 Å². The summed E-state index contributed by atoms with van der Waals surface area (Å²) < 4.78 is 39.7. The van der Waals surface area contributed by atoms with E-state index in [2.05, 4.69) is 30.2 Å². The number of aromatic nitrogens is 3. The first-order valence-electron chi connectivity index (χ1n) is 5.52. The molecular formula is C11H9F3N6O. The molecule has 0 amide bonds. The van der Waals surface area contributed by atoms with Gasteiger partial charge in [-0.25, -0.2) is 10.4 Å². The van der Waals surface area contributed by atoms with Gasteiger partial charge >= 0.3 is 6.36 Å². The number of hydrogen-bond acceptors (Lipinski definition) is 7. The smallest absolute Gasteiger partial charge is 0.406 e. The van der Waals surface area contributed by atoms with E-state index >= 15 is 0 Å². The van der Waals surface area contributed by atoms with Gasteiger partial charge in [-0.15, -0.1) is 13.2 Å². The molecule has 0 atom stereocenters. The van der Waals surface area contributed by atoms with E-state index in [-0.39, 0.29) is 17.6 Å². The van der Waals surface area contributed by atoms with Crippen LogP contribution in [0, 0.1) is 0 Å². The maximum absolute atomic E-state index is 12.0. The number of alkyl halides is 3. The van der Waals surface area contributed by atoms with Gasteiger partial charge in [0.15, 0.2) is 0 Å². The molecule has 7 nitrogen and oxygen atoms in total. The van der Waals surface area contributed by atoms with E-state index in [0.717, 1.165) is 0 Å². The highest BCUT2D eigenvalue weighted by Gasteiger charge is 2.30. The summed E-state index contributed by atoms with van der Waals surface area (Å²) in [6.07, 6.45) is -2.13. The van der Waals surface area contributed by atoms with E-state index in [0.29, 0.717) is 5.56 Å². The molecule has 0 radical (unpaired) electrons. The third-order valence-corrected chi connectivity index (χ3v) is 2.08. The minimum atomic E-state index is -4.71. The molecular weight excluding hydrogens is 289 g/mol. The predicted molar refractivity (Wildman–Crippen MR) is 68.6 cm³/mol. The number of benzene rings is 1. The maximum Gasteiger partial charge on any atom is 0.573 e. The van der Waals surface area contributed by atoms with Crippen molar-refractivity contribution in [1.29, 1.82) is 0 Å². The van der Waals surface area contributed by atoms with Gasteiger partial charge < -0.3 is 10.5 Å². The number of nitrogens with zero attached hydrogens (tertiary/aromatic N) is 4. The standard InChI is InChI=1S/C11H9F3N6O/c12-11(13,14)21-8-3-1-7(2-4-8)5-18-20-10-17-6-16-9(15)19-10/h1-6H,(H3,15,16,17,19,20)/b18-5+. The average Bonchev–Trinajstić information content (AvgIpc) is 2.39. The first-order valence-corrected chi connectivity index (χ1v) is 5.52. The van der Waals surface area contributed by atoms with Gasteiger partial charge in [0.2, 0.25) is 11.9 Å². The molecule has 0 aliphatic heterocycles. The van der Waals surface area contributed by atoms with Crippen molar-refractivity contribution in [2.75, 3.05) is 11.2 Å². The number of nitrogens with one attached hydrogen (secondary N) is 1. The van der Waals surface area contributed by atoms with Crippen molar-refractivity contribution in [3.05, 3.63) is 36.2 Å². The molecule has 1 aromatic heterocycles. The van der Waals surface area contributed by atoms with Gasteiger partial charge in [-0.1, -0.05) is 0 Å². The van der Waals surface area contributed by atoms with Crippen molar-refractivity contribution in [3.63, 3.8) is 0 Å². The summed E-state index contributed by atoms with van der Waals surface area (Å²) in [4.78, 5) is 11.1. The van der Waals surface area contributed by atoms with Crippen LogP contribution in [0.5, 0.6) is 5.75 Å². The topological polar surface area (TPSA) is 98.3 Å². The zero-order valence-corrected chi connectivity index (χ0v) is 10.4. The van der Waals surface area contributed by atoms with E-state index in [1.54, 1.807) is 0 Å². The first kappa shape index (κ1) is 14.5. The molecule has 0 aliphatic carbocycles. The third kappa shape index (κ3) is 4.93. The number of nitrogen functional groups attached to an aromatic ring is 1. The van der Waals surface area contributed by atoms with E-state index in [1.807, 2.05) is 0 Å². The Labute approximate surface area is 116 Å². The second-order valence-corrected chi connectivity index (χ2v) is 3.65. The fourth-order valence-corrected chi connectivity index (χ4v) is 1.28. The first-order chi connectivity index (χ1) is 9.92. The second-order valence-electron chi connectivity index (χ2n) is 3.65. The lowest BCUT2D eigenvalue weighted by atomic mass is 10.2. The Kier molecular flexibility index (Phi) is 4.16. The van der Waals surface area contributed by atoms with Crippen LogP contribution in [0.2, 0.25) is 0 Å². The van der Waals surface area contributed by atoms with Crippen molar-refractivity contribution in [2.45, 2.75) is 6.36 Å². The van der Waals surface area contributed by atoms with Crippen LogP contribution in [-0.4, -0.2) is 27.5 Å². The van der Waals surface area contributed by atoms with Gasteiger partial charge in [0.05, 0.1) is 6.21 Å². The number of nitrogens with two attached hydrogens (primary N) is 1. The highest BCUT2D eigenvalue weighted by Crippen LogP contribution is 2.22. The van der Waals surface area contributed by atoms with E-state index < -0.39 is 6.36 Å². The molecule has 0 unspecified atom stereocenters. The lowest BCUT2D eigenvalue weighted by molar-refractivity contribution is -0.274. The van der Waals surface area contributed by atoms with Gasteiger partial charge in [-0.3, -0.25) is 0 Å². The van der Waals surface area contributed by atoms with Gasteiger partial charge in [-0.05, 0) is 29.8 Å². The number of rotatable bonds is 4. The summed E-state index contributed by atoms with van der Waals surface area (Å²) in [5.41, 5.74) is 8.41. The van der Waals surface area contributed by atoms with Crippen LogP contribution in [0.3, 0.4) is 0 Å². The van der Waals surface area contributed by atoms with Crippen molar-refractivity contribution in [1.82, 2.24) is 15.0 Å². The van der Waals surface area contributed by atoms with Crippen LogP contribution in [0.15, 0.2) is 35.7 Å². The normalized spacial score (nSPS) is 11.6. The molecule has 3 N–H and O–H groups in total. The summed E-state index contributed by atoms with van der Waals surface area (Å²) in [6, 6.07) is 5.17. The third-order valence-electron chi connectivity index (χ3n) is 2.08. The molecule has 0 saturated heterocycles. The maximum atomic E-state index is 12.0. The van der Waals surface area contributed by atoms with E-state index in [9.17, 15) is 13.2 Å². The molecule has 0 aliphatic rings. The molecule has 1 heterocycles.